The first-order valence-corrected chi connectivity index (χ1v) is 12.0. The van der Waals surface area contributed by atoms with Crippen LogP contribution in [0.2, 0.25) is 0 Å². The van der Waals surface area contributed by atoms with Crippen molar-refractivity contribution in [3.8, 4) is 5.75 Å². The van der Waals surface area contributed by atoms with Crippen LogP contribution in [0.4, 0.5) is 22.2 Å². The number of nitrogens with one attached hydrogen (secondary N) is 2. The molecule has 0 saturated carbocycles. The van der Waals surface area contributed by atoms with Crippen molar-refractivity contribution in [2.75, 3.05) is 48.9 Å². The molecule has 8 nitrogen and oxygen atoms in total. The number of amides is 1. The number of morpholine rings is 1. The van der Waals surface area contributed by atoms with Gasteiger partial charge in [-0.05, 0) is 43.3 Å². The van der Waals surface area contributed by atoms with Crippen molar-refractivity contribution in [3.05, 3.63) is 48.5 Å². The third-order valence-corrected chi connectivity index (χ3v) is 6.91. The Morgan fingerprint density at radius 2 is 1.94 bits per heavy atom. The molecular formula is C22H25N5O3S2. The molecule has 3 aromatic rings. The fraction of sp³-hybridized carbons (Fsp3) is 0.318. The smallest absolute Gasteiger partial charge is 0.237 e. The monoisotopic (exact) mass is 471 g/mol. The van der Waals surface area contributed by atoms with E-state index in [1.54, 1.807) is 7.11 Å². The lowest BCUT2D eigenvalue weighted by molar-refractivity contribution is -0.115. The lowest BCUT2D eigenvalue weighted by Crippen LogP contribution is -2.36. The summed E-state index contributed by atoms with van der Waals surface area (Å²) in [5.41, 5.74) is 2.78. The van der Waals surface area contributed by atoms with Crippen LogP contribution >= 0.6 is 23.1 Å². The first-order chi connectivity index (χ1) is 15.6. The van der Waals surface area contributed by atoms with Crippen LogP contribution in [0.25, 0.3) is 0 Å². The van der Waals surface area contributed by atoms with Crippen LogP contribution in [0.1, 0.15) is 6.92 Å². The van der Waals surface area contributed by atoms with Gasteiger partial charge in [0.1, 0.15) is 5.75 Å². The molecule has 1 aromatic heterocycles. The van der Waals surface area contributed by atoms with Gasteiger partial charge >= 0.3 is 0 Å². The van der Waals surface area contributed by atoms with Gasteiger partial charge in [0.2, 0.25) is 11.0 Å². The summed E-state index contributed by atoms with van der Waals surface area (Å²) >= 11 is 2.79. The summed E-state index contributed by atoms with van der Waals surface area (Å²) in [6, 6.07) is 15.5. The first-order valence-electron chi connectivity index (χ1n) is 10.3. The zero-order valence-corrected chi connectivity index (χ0v) is 19.5. The normalized spacial score (nSPS) is 14.6. The van der Waals surface area contributed by atoms with Crippen LogP contribution in [0.3, 0.4) is 0 Å². The van der Waals surface area contributed by atoms with Crippen molar-refractivity contribution in [1.82, 2.24) is 10.2 Å². The van der Waals surface area contributed by atoms with Gasteiger partial charge in [0.15, 0.2) is 4.34 Å². The van der Waals surface area contributed by atoms with Gasteiger partial charge in [-0.2, -0.15) is 0 Å². The molecule has 1 aliphatic rings. The van der Waals surface area contributed by atoms with E-state index in [1.165, 1.54) is 23.1 Å². The van der Waals surface area contributed by atoms with Gasteiger partial charge in [0, 0.05) is 36.2 Å². The Bertz CT molecular complexity index is 1040. The number of carbonyl (C=O) groups excluding carboxylic acids is 1. The Hall–Kier alpha value is -2.82. The summed E-state index contributed by atoms with van der Waals surface area (Å²) in [5.74, 6) is 0.684. The maximum absolute atomic E-state index is 12.6. The van der Waals surface area contributed by atoms with Gasteiger partial charge < -0.3 is 25.0 Å². The maximum Gasteiger partial charge on any atom is 0.237 e. The van der Waals surface area contributed by atoms with E-state index < -0.39 is 0 Å². The Balaban J connectivity index is 1.30. The molecule has 2 N–H and O–H groups in total. The van der Waals surface area contributed by atoms with E-state index in [4.69, 9.17) is 9.47 Å². The lowest BCUT2D eigenvalue weighted by Gasteiger charge is -2.28. The highest BCUT2D eigenvalue weighted by atomic mass is 32.2. The topological polar surface area (TPSA) is 88.6 Å². The number of carbonyl (C=O) groups is 1. The molecule has 168 valence electrons. The fourth-order valence-electron chi connectivity index (χ4n) is 3.16. The van der Waals surface area contributed by atoms with Crippen molar-refractivity contribution in [2.45, 2.75) is 16.5 Å². The molecule has 1 atom stereocenters. The predicted octanol–water partition coefficient (Wildman–Crippen LogP) is 4.25. The Morgan fingerprint density at radius 1 is 1.16 bits per heavy atom. The van der Waals surface area contributed by atoms with Crippen LogP contribution in [0, 0.1) is 0 Å². The molecule has 0 spiro atoms. The van der Waals surface area contributed by atoms with Gasteiger partial charge in [-0.1, -0.05) is 29.2 Å². The molecule has 2 heterocycles. The minimum absolute atomic E-state index is 0.0772. The number of anilines is 4. The summed E-state index contributed by atoms with van der Waals surface area (Å²) in [7, 11) is 1.63. The van der Waals surface area contributed by atoms with E-state index in [9.17, 15) is 4.79 Å². The summed E-state index contributed by atoms with van der Waals surface area (Å²) < 4.78 is 11.4. The number of methoxy groups -OCH3 is 1. The molecule has 1 fully saturated rings. The first kappa shape index (κ1) is 22.4. The number of thioether (sulfide) groups is 1. The van der Waals surface area contributed by atoms with E-state index >= 15 is 0 Å². The summed E-state index contributed by atoms with van der Waals surface area (Å²) in [4.78, 5) is 14.9. The van der Waals surface area contributed by atoms with Crippen LogP contribution < -0.4 is 20.3 Å². The Morgan fingerprint density at radius 3 is 2.69 bits per heavy atom. The molecule has 32 heavy (non-hydrogen) atoms. The van der Waals surface area contributed by atoms with Gasteiger partial charge in [0.25, 0.3) is 0 Å². The van der Waals surface area contributed by atoms with Crippen molar-refractivity contribution in [2.24, 2.45) is 0 Å². The fourth-order valence-corrected chi connectivity index (χ4v) is 5.07. The predicted molar refractivity (Wildman–Crippen MR) is 130 cm³/mol. The molecule has 4 rings (SSSR count). The molecule has 10 heteroatoms. The summed E-state index contributed by atoms with van der Waals surface area (Å²) in [5, 5.41) is 14.9. The number of aromatic nitrogens is 2. The molecule has 1 unspecified atom stereocenters. The van der Waals surface area contributed by atoms with E-state index in [2.05, 4.69) is 25.7 Å². The molecule has 1 amide bonds. The van der Waals surface area contributed by atoms with E-state index in [0.29, 0.717) is 5.13 Å². The largest absolute Gasteiger partial charge is 0.497 e. The van der Waals surface area contributed by atoms with Crippen LogP contribution in [-0.2, 0) is 9.53 Å². The minimum Gasteiger partial charge on any atom is -0.497 e. The molecule has 1 aliphatic heterocycles. The second-order valence-corrected chi connectivity index (χ2v) is 9.69. The highest BCUT2D eigenvalue weighted by Gasteiger charge is 2.18. The van der Waals surface area contributed by atoms with Crippen LogP contribution in [0.5, 0.6) is 5.75 Å². The molecule has 0 bridgehead atoms. The molecule has 1 saturated heterocycles. The number of ether oxygens (including phenoxy) is 2. The van der Waals surface area contributed by atoms with Gasteiger partial charge in [-0.25, -0.2) is 0 Å². The van der Waals surface area contributed by atoms with Crippen molar-refractivity contribution < 1.29 is 14.3 Å². The quantitative estimate of drug-likeness (QED) is 0.472. The maximum atomic E-state index is 12.6. The van der Waals surface area contributed by atoms with Gasteiger partial charge in [-0.3, -0.25) is 4.79 Å². The van der Waals surface area contributed by atoms with Crippen LogP contribution in [0.15, 0.2) is 52.9 Å². The molecule has 0 radical (unpaired) electrons. The Kier molecular flexibility index (Phi) is 7.46. The number of nitrogens with zero attached hydrogens (tertiary/aromatic N) is 3. The van der Waals surface area contributed by atoms with Gasteiger partial charge in [-0.15, -0.1) is 10.2 Å². The highest BCUT2D eigenvalue weighted by molar-refractivity contribution is 8.02. The average Bonchev–Trinajstić information content (AvgIpc) is 3.26. The average molecular weight is 472 g/mol. The molecule has 0 aliphatic carbocycles. The van der Waals surface area contributed by atoms with Crippen molar-refractivity contribution in [3.63, 3.8) is 0 Å². The van der Waals surface area contributed by atoms with Gasteiger partial charge in [0.05, 0.1) is 25.6 Å². The SMILES string of the molecule is COc1cccc(Nc2nnc(SC(C)C(=O)Nc3ccc(N4CCOCC4)cc3)s2)c1. The van der Waals surface area contributed by atoms with Crippen LogP contribution in [-0.4, -0.2) is 54.8 Å². The zero-order valence-electron chi connectivity index (χ0n) is 17.9. The third-order valence-electron chi connectivity index (χ3n) is 4.89. The number of hydrogen-bond donors (Lipinski definition) is 2. The lowest BCUT2D eigenvalue weighted by atomic mass is 10.2. The standard InChI is InChI=1S/C22H25N5O3S2/c1-15(20(28)23-16-6-8-18(9-7-16)27-10-12-30-13-11-27)31-22-26-25-21(32-22)24-17-4-3-5-19(14-17)29-2/h3-9,14-15H,10-13H2,1-2H3,(H,23,28)(H,24,25). The number of hydrogen-bond acceptors (Lipinski definition) is 9. The van der Waals surface area contributed by atoms with E-state index in [0.717, 1.165) is 53.5 Å². The van der Waals surface area contributed by atoms with Crippen molar-refractivity contribution >= 4 is 51.2 Å². The third kappa shape index (κ3) is 5.90. The number of benzene rings is 2. The van der Waals surface area contributed by atoms with E-state index in [-0.39, 0.29) is 11.2 Å². The Labute approximate surface area is 195 Å². The molecular weight excluding hydrogens is 446 g/mol. The summed E-state index contributed by atoms with van der Waals surface area (Å²) in [6.07, 6.45) is 0. The summed E-state index contributed by atoms with van der Waals surface area (Å²) in [6.45, 7) is 5.12. The molecule has 2 aromatic carbocycles. The highest BCUT2D eigenvalue weighted by Crippen LogP contribution is 2.31. The second kappa shape index (κ2) is 10.7. The minimum atomic E-state index is -0.313. The zero-order chi connectivity index (χ0) is 22.3. The van der Waals surface area contributed by atoms with E-state index in [1.807, 2.05) is 55.5 Å². The van der Waals surface area contributed by atoms with Crippen molar-refractivity contribution in [1.29, 1.82) is 0 Å². The second-order valence-electron chi connectivity index (χ2n) is 7.13. The number of rotatable bonds is 8.